The summed E-state index contributed by atoms with van der Waals surface area (Å²) in [6.07, 6.45) is 1.15. The van der Waals surface area contributed by atoms with E-state index in [-0.39, 0.29) is 17.8 Å². The number of likely N-dealkylation sites (tertiary alicyclic amines) is 1. The number of amides is 1. The van der Waals surface area contributed by atoms with Gasteiger partial charge in [-0.3, -0.25) is 9.69 Å². The average Bonchev–Trinajstić information content (AvgIpc) is 3.03. The summed E-state index contributed by atoms with van der Waals surface area (Å²) in [5, 5.41) is 10.4. The molecule has 126 valence electrons. The van der Waals surface area contributed by atoms with Crippen molar-refractivity contribution in [2.75, 3.05) is 37.7 Å². The van der Waals surface area contributed by atoms with Crippen LogP contribution in [0.25, 0.3) is 0 Å². The number of rotatable bonds is 4. The lowest BCUT2D eigenvalue weighted by atomic mass is 10.1. The number of aliphatic hydroxyl groups excluding tert-OH is 1. The summed E-state index contributed by atoms with van der Waals surface area (Å²) in [5.74, 6) is 1.92. The van der Waals surface area contributed by atoms with E-state index in [4.69, 9.17) is 0 Å². The molecule has 1 aromatic rings. The molecule has 1 aromatic carbocycles. The fourth-order valence-corrected chi connectivity index (χ4v) is 4.23. The van der Waals surface area contributed by atoms with Crippen molar-refractivity contribution in [3.63, 3.8) is 0 Å². The topological polar surface area (TPSA) is 43.8 Å². The highest BCUT2D eigenvalue weighted by Crippen LogP contribution is 2.24. The zero-order chi connectivity index (χ0) is 16.2. The molecule has 1 amide bonds. The largest absolute Gasteiger partial charge is 0.387 e. The summed E-state index contributed by atoms with van der Waals surface area (Å²) in [4.78, 5) is 16.8. The summed E-state index contributed by atoms with van der Waals surface area (Å²) in [6.45, 7) is 2.91. The number of carbonyl (C=O) groups excluding carboxylic acids is 1. The van der Waals surface area contributed by atoms with Crippen molar-refractivity contribution < 1.29 is 14.3 Å². The number of hydrogen-bond acceptors (Lipinski definition) is 4. The van der Waals surface area contributed by atoms with E-state index < -0.39 is 6.10 Å². The molecule has 0 radical (unpaired) electrons. The van der Waals surface area contributed by atoms with E-state index >= 15 is 0 Å². The maximum Gasteiger partial charge on any atom is 0.239 e. The maximum atomic E-state index is 13.0. The molecule has 2 saturated heterocycles. The molecule has 0 bridgehead atoms. The fourth-order valence-electron chi connectivity index (χ4n) is 3.33. The molecule has 0 aliphatic carbocycles. The van der Waals surface area contributed by atoms with E-state index in [1.165, 1.54) is 12.1 Å². The minimum Gasteiger partial charge on any atom is -0.387 e. The van der Waals surface area contributed by atoms with Gasteiger partial charge in [0.15, 0.2) is 0 Å². The predicted octanol–water partition coefficient (Wildman–Crippen LogP) is 1.90. The van der Waals surface area contributed by atoms with Gasteiger partial charge in [-0.1, -0.05) is 12.1 Å². The molecule has 2 atom stereocenters. The van der Waals surface area contributed by atoms with Gasteiger partial charge in [-0.2, -0.15) is 11.8 Å². The summed E-state index contributed by atoms with van der Waals surface area (Å²) in [5.41, 5.74) is 0.693. The molecule has 4 nitrogen and oxygen atoms in total. The van der Waals surface area contributed by atoms with Gasteiger partial charge >= 0.3 is 0 Å². The monoisotopic (exact) mass is 338 g/mol. The lowest BCUT2D eigenvalue weighted by Gasteiger charge is -2.33. The normalized spacial score (nSPS) is 23.9. The summed E-state index contributed by atoms with van der Waals surface area (Å²) in [6, 6.07) is 5.81. The highest BCUT2D eigenvalue weighted by atomic mass is 32.2. The number of aliphatic hydroxyl groups is 1. The van der Waals surface area contributed by atoms with Crippen LogP contribution in [0.15, 0.2) is 24.3 Å². The Labute approximate surface area is 140 Å². The van der Waals surface area contributed by atoms with Gasteiger partial charge in [0.05, 0.1) is 12.1 Å². The molecule has 0 spiro atoms. The number of benzene rings is 1. The molecular formula is C17H23FN2O2S. The minimum atomic E-state index is -0.694. The molecule has 23 heavy (non-hydrogen) atoms. The van der Waals surface area contributed by atoms with Gasteiger partial charge in [-0.05, 0) is 37.1 Å². The number of hydrogen-bond donors (Lipinski definition) is 1. The van der Waals surface area contributed by atoms with Gasteiger partial charge in [-0.15, -0.1) is 0 Å². The van der Waals surface area contributed by atoms with Crippen LogP contribution >= 0.6 is 11.8 Å². The Morgan fingerprint density at radius 1 is 1.26 bits per heavy atom. The van der Waals surface area contributed by atoms with Gasteiger partial charge in [0.2, 0.25) is 5.91 Å². The number of nitrogens with zero attached hydrogens (tertiary/aromatic N) is 2. The molecule has 2 aliphatic rings. The molecule has 2 heterocycles. The van der Waals surface area contributed by atoms with Gasteiger partial charge in [0.25, 0.3) is 0 Å². The van der Waals surface area contributed by atoms with Crippen molar-refractivity contribution in [1.82, 2.24) is 9.80 Å². The van der Waals surface area contributed by atoms with E-state index in [9.17, 15) is 14.3 Å². The van der Waals surface area contributed by atoms with E-state index in [0.29, 0.717) is 12.1 Å². The van der Waals surface area contributed by atoms with Gasteiger partial charge < -0.3 is 10.0 Å². The second-order valence-corrected chi connectivity index (χ2v) is 7.38. The standard InChI is InChI=1S/C17H23FN2O2S/c18-14-5-3-13(4-6-14)16(21)12-20-7-1-2-15(20)17(22)19-8-10-23-11-9-19/h3-6,15-16,21H,1-2,7-12H2. The molecule has 0 aromatic heterocycles. The highest BCUT2D eigenvalue weighted by molar-refractivity contribution is 7.99. The molecular weight excluding hydrogens is 315 g/mol. The number of carbonyl (C=O) groups is 1. The first-order valence-corrected chi connectivity index (χ1v) is 9.35. The molecule has 2 fully saturated rings. The molecule has 1 N–H and O–H groups in total. The van der Waals surface area contributed by atoms with Crippen molar-refractivity contribution in [2.24, 2.45) is 0 Å². The second kappa shape index (κ2) is 7.64. The van der Waals surface area contributed by atoms with Gasteiger partial charge in [-0.25, -0.2) is 4.39 Å². The molecule has 3 rings (SSSR count). The van der Waals surface area contributed by atoms with Crippen molar-refractivity contribution in [2.45, 2.75) is 25.0 Å². The Kier molecular flexibility index (Phi) is 5.56. The van der Waals surface area contributed by atoms with Gasteiger partial charge in [0.1, 0.15) is 5.82 Å². The van der Waals surface area contributed by atoms with Crippen LogP contribution in [0.3, 0.4) is 0 Å². The first kappa shape index (κ1) is 16.7. The van der Waals surface area contributed by atoms with Crippen LogP contribution in [-0.4, -0.2) is 64.5 Å². The van der Waals surface area contributed by atoms with Crippen LogP contribution in [0.1, 0.15) is 24.5 Å². The van der Waals surface area contributed by atoms with Crippen LogP contribution in [0.5, 0.6) is 0 Å². The average molecular weight is 338 g/mol. The fraction of sp³-hybridized carbons (Fsp3) is 0.588. The van der Waals surface area contributed by atoms with E-state index in [0.717, 1.165) is 44.0 Å². The maximum absolute atomic E-state index is 13.0. The summed E-state index contributed by atoms with van der Waals surface area (Å²) >= 11 is 1.89. The Hall–Kier alpha value is -1.11. The molecule has 2 aliphatic heterocycles. The second-order valence-electron chi connectivity index (χ2n) is 6.16. The van der Waals surface area contributed by atoms with Crippen LogP contribution < -0.4 is 0 Å². The SMILES string of the molecule is O=C(C1CCCN1CC(O)c1ccc(F)cc1)N1CCSCC1. The zero-order valence-corrected chi connectivity index (χ0v) is 14.0. The van der Waals surface area contributed by atoms with Crippen molar-refractivity contribution in [3.8, 4) is 0 Å². The van der Waals surface area contributed by atoms with E-state index in [1.54, 1.807) is 12.1 Å². The van der Waals surface area contributed by atoms with Crippen LogP contribution in [0.2, 0.25) is 0 Å². The number of β-amino-alcohol motifs (C(OH)–C–C–N with tert-alkyl or cyclic N) is 1. The smallest absolute Gasteiger partial charge is 0.239 e. The predicted molar refractivity (Wildman–Crippen MR) is 89.9 cm³/mol. The summed E-state index contributed by atoms with van der Waals surface area (Å²) in [7, 11) is 0. The zero-order valence-electron chi connectivity index (χ0n) is 13.2. The highest BCUT2D eigenvalue weighted by Gasteiger charge is 2.35. The van der Waals surface area contributed by atoms with E-state index in [2.05, 4.69) is 4.90 Å². The van der Waals surface area contributed by atoms with Crippen LogP contribution in [-0.2, 0) is 4.79 Å². The number of halogens is 1. The molecule has 0 saturated carbocycles. The Balaban J connectivity index is 1.62. The first-order valence-electron chi connectivity index (χ1n) is 8.19. The van der Waals surface area contributed by atoms with Crippen molar-refractivity contribution >= 4 is 17.7 Å². The van der Waals surface area contributed by atoms with Crippen molar-refractivity contribution in [1.29, 1.82) is 0 Å². The third kappa shape index (κ3) is 4.05. The first-order chi connectivity index (χ1) is 11.1. The van der Waals surface area contributed by atoms with Crippen LogP contribution in [0, 0.1) is 5.82 Å². The van der Waals surface area contributed by atoms with Crippen LogP contribution in [0.4, 0.5) is 4.39 Å². The minimum absolute atomic E-state index is 0.117. The summed E-state index contributed by atoms with van der Waals surface area (Å²) < 4.78 is 13.0. The van der Waals surface area contributed by atoms with E-state index in [1.807, 2.05) is 16.7 Å². The Morgan fingerprint density at radius 2 is 1.96 bits per heavy atom. The molecule has 6 heteroatoms. The van der Waals surface area contributed by atoms with Gasteiger partial charge in [0, 0.05) is 31.1 Å². The Bertz CT molecular complexity index is 534. The third-order valence-corrected chi connectivity index (χ3v) is 5.58. The Morgan fingerprint density at radius 3 is 2.65 bits per heavy atom. The number of thioether (sulfide) groups is 1. The third-order valence-electron chi connectivity index (χ3n) is 4.63. The lowest BCUT2D eigenvalue weighted by Crippen LogP contribution is -2.49. The van der Waals surface area contributed by atoms with Crippen molar-refractivity contribution in [3.05, 3.63) is 35.6 Å². The lowest BCUT2D eigenvalue weighted by molar-refractivity contribution is -0.136. The quantitative estimate of drug-likeness (QED) is 0.911. The molecule has 2 unspecified atom stereocenters.